The van der Waals surface area contributed by atoms with Gasteiger partial charge in [0.15, 0.2) is 0 Å². The Bertz CT molecular complexity index is 897. The Morgan fingerprint density at radius 2 is 1.48 bits per heavy atom. The first-order chi connectivity index (χ1) is 13.8. The summed E-state index contributed by atoms with van der Waals surface area (Å²) in [6, 6.07) is 19.0. The maximum absolute atomic E-state index is 13.3. The Morgan fingerprint density at radius 3 is 2.00 bits per heavy atom. The zero-order chi connectivity index (χ0) is 21.5. The average Bonchev–Trinajstić information content (AvgIpc) is 2.72. The van der Waals surface area contributed by atoms with Gasteiger partial charge < -0.3 is 0 Å². The number of hydrogen-bond acceptors (Lipinski definition) is 2. The Morgan fingerprint density at radius 1 is 0.931 bits per heavy atom. The van der Waals surface area contributed by atoms with E-state index in [1.807, 2.05) is 31.2 Å². The molecule has 0 atom stereocenters. The minimum absolute atomic E-state index is 0.281. The van der Waals surface area contributed by atoms with Crippen molar-refractivity contribution in [3.63, 3.8) is 0 Å². The van der Waals surface area contributed by atoms with E-state index in [1.165, 1.54) is 22.4 Å². The van der Waals surface area contributed by atoms with Crippen molar-refractivity contribution < 1.29 is 8.42 Å². The van der Waals surface area contributed by atoms with Gasteiger partial charge in [-0.1, -0.05) is 86.4 Å². The van der Waals surface area contributed by atoms with Gasteiger partial charge in [0.05, 0.1) is 19.5 Å². The summed E-state index contributed by atoms with van der Waals surface area (Å²) in [5, 5.41) is 0.641. The van der Waals surface area contributed by atoms with Crippen LogP contribution in [0.25, 0.3) is 0 Å². The van der Waals surface area contributed by atoms with Crippen LogP contribution in [0.4, 0.5) is 0 Å². The van der Waals surface area contributed by atoms with Crippen LogP contribution in [0.5, 0.6) is 0 Å². The van der Waals surface area contributed by atoms with E-state index in [2.05, 4.69) is 26.8 Å². The summed E-state index contributed by atoms with van der Waals surface area (Å²) >= 11 is 5.99. The zero-order valence-corrected chi connectivity index (χ0v) is 20.4. The van der Waals surface area contributed by atoms with Gasteiger partial charge in [-0.25, -0.2) is 8.42 Å². The maximum atomic E-state index is 13.3. The minimum Gasteiger partial charge on any atom is -0.269 e. The van der Waals surface area contributed by atoms with Crippen molar-refractivity contribution in [2.24, 2.45) is 0 Å². The average molecular weight is 450 g/mol. The number of hydrogen-bond donors (Lipinski definition) is 0. The third-order valence-corrected chi connectivity index (χ3v) is 13.5. The lowest BCUT2D eigenvalue weighted by atomic mass is 10.2. The van der Waals surface area contributed by atoms with Crippen molar-refractivity contribution in [3.8, 4) is 0 Å². The van der Waals surface area contributed by atoms with Crippen LogP contribution in [0.15, 0.2) is 65.7 Å². The number of halogens is 1. The molecule has 0 aromatic heterocycles. The SMILES string of the molecule is CC[Si](CC)(CC)CC=CN(Cc1ccc(Cl)cc1)S(=O)(=O)c1ccc(C)cc1. The Kier molecular flexibility index (Phi) is 8.55. The van der Waals surface area contributed by atoms with Gasteiger partial charge in [-0.2, -0.15) is 0 Å². The van der Waals surface area contributed by atoms with Crippen LogP contribution < -0.4 is 0 Å². The zero-order valence-electron chi connectivity index (χ0n) is 17.9. The van der Waals surface area contributed by atoms with Gasteiger partial charge in [0.1, 0.15) is 0 Å². The van der Waals surface area contributed by atoms with Gasteiger partial charge in [0.2, 0.25) is 0 Å². The molecule has 0 aliphatic rings. The normalized spacial score (nSPS) is 12.4. The van der Waals surface area contributed by atoms with Crippen LogP contribution in [-0.4, -0.2) is 20.8 Å². The molecule has 0 aliphatic carbocycles. The van der Waals surface area contributed by atoms with Crippen LogP contribution in [-0.2, 0) is 16.6 Å². The third kappa shape index (κ3) is 6.21. The molecule has 0 heterocycles. The standard InChI is InChI=1S/C23H32ClNO2SSi/c1-5-29(6-2,7-3)18-8-17-25(19-21-11-13-22(24)14-12-21)28(26,27)23-15-9-20(4)10-16-23/h8-17H,5-7,18-19H2,1-4H3. The minimum atomic E-state index is -3.64. The van der Waals surface area contributed by atoms with Crippen molar-refractivity contribution in [3.05, 3.63) is 77.0 Å². The van der Waals surface area contributed by atoms with E-state index in [0.717, 1.165) is 17.2 Å². The van der Waals surface area contributed by atoms with Gasteiger partial charge in [0.25, 0.3) is 10.0 Å². The highest BCUT2D eigenvalue weighted by Gasteiger charge is 2.26. The van der Waals surface area contributed by atoms with E-state index in [0.29, 0.717) is 9.92 Å². The highest BCUT2D eigenvalue weighted by Crippen LogP contribution is 2.26. The van der Waals surface area contributed by atoms with Gasteiger partial charge >= 0.3 is 0 Å². The Balaban J connectivity index is 2.35. The molecule has 0 unspecified atom stereocenters. The topological polar surface area (TPSA) is 37.4 Å². The molecule has 0 bridgehead atoms. The van der Waals surface area contributed by atoms with Crippen molar-refractivity contribution >= 4 is 29.7 Å². The lowest BCUT2D eigenvalue weighted by Crippen LogP contribution is -2.30. The summed E-state index contributed by atoms with van der Waals surface area (Å²) in [7, 11) is -4.99. The number of aryl methyl sites for hydroxylation is 1. The third-order valence-electron chi connectivity index (χ3n) is 5.95. The molecule has 158 valence electrons. The second kappa shape index (κ2) is 10.5. The smallest absolute Gasteiger partial charge is 0.264 e. The molecule has 29 heavy (non-hydrogen) atoms. The van der Waals surface area contributed by atoms with E-state index in [9.17, 15) is 8.42 Å². The molecule has 2 rings (SSSR count). The molecule has 3 nitrogen and oxygen atoms in total. The Labute approximate surface area is 182 Å². The molecule has 0 spiro atoms. The predicted molar refractivity (Wildman–Crippen MR) is 127 cm³/mol. The first kappa shape index (κ1) is 23.7. The molecular weight excluding hydrogens is 418 g/mol. The fourth-order valence-corrected chi connectivity index (χ4v) is 7.85. The van der Waals surface area contributed by atoms with Crippen molar-refractivity contribution in [1.29, 1.82) is 0 Å². The second-order valence-corrected chi connectivity index (χ2v) is 15.5. The van der Waals surface area contributed by atoms with Gasteiger partial charge in [-0.3, -0.25) is 4.31 Å². The van der Waals surface area contributed by atoms with Gasteiger partial charge in [-0.15, -0.1) is 0 Å². The molecule has 0 amide bonds. The summed E-state index contributed by atoms with van der Waals surface area (Å²) in [6.07, 6.45) is 3.84. The van der Waals surface area contributed by atoms with Crippen LogP contribution in [0.3, 0.4) is 0 Å². The number of benzene rings is 2. The molecular formula is C23H32ClNO2SSi. The highest BCUT2D eigenvalue weighted by molar-refractivity contribution is 7.89. The summed E-state index contributed by atoms with van der Waals surface area (Å²) in [5.41, 5.74) is 1.94. The van der Waals surface area contributed by atoms with Gasteiger partial charge in [0, 0.05) is 11.2 Å². The van der Waals surface area contributed by atoms with E-state index in [1.54, 1.807) is 30.5 Å². The fourth-order valence-electron chi connectivity index (χ4n) is 3.44. The van der Waals surface area contributed by atoms with E-state index in [-0.39, 0.29) is 6.54 Å². The molecule has 6 heteroatoms. The van der Waals surface area contributed by atoms with Gasteiger partial charge in [-0.05, 0) is 42.8 Å². The van der Waals surface area contributed by atoms with Crippen LogP contribution >= 0.6 is 11.6 Å². The first-order valence-electron chi connectivity index (χ1n) is 10.3. The molecule has 0 N–H and O–H groups in total. The van der Waals surface area contributed by atoms with Crippen LogP contribution in [0.1, 0.15) is 31.9 Å². The molecule has 2 aromatic rings. The van der Waals surface area contributed by atoms with E-state index >= 15 is 0 Å². The van der Waals surface area contributed by atoms with E-state index < -0.39 is 18.1 Å². The molecule has 0 aliphatic heterocycles. The molecule has 0 saturated heterocycles. The van der Waals surface area contributed by atoms with E-state index in [4.69, 9.17) is 11.6 Å². The summed E-state index contributed by atoms with van der Waals surface area (Å²) < 4.78 is 28.1. The quantitative estimate of drug-likeness (QED) is 0.371. The van der Waals surface area contributed by atoms with Crippen molar-refractivity contribution in [2.45, 2.75) is 63.3 Å². The largest absolute Gasteiger partial charge is 0.269 e. The lowest BCUT2D eigenvalue weighted by molar-refractivity contribution is 0.495. The number of sulfonamides is 1. The molecule has 2 aromatic carbocycles. The maximum Gasteiger partial charge on any atom is 0.264 e. The van der Waals surface area contributed by atoms with Crippen LogP contribution in [0, 0.1) is 6.92 Å². The monoisotopic (exact) mass is 449 g/mol. The lowest BCUT2D eigenvalue weighted by Gasteiger charge is -2.27. The van der Waals surface area contributed by atoms with Crippen LogP contribution in [0.2, 0.25) is 29.2 Å². The number of allylic oxidation sites excluding steroid dienone is 1. The summed E-state index contributed by atoms with van der Waals surface area (Å²) in [6.45, 7) is 9.03. The summed E-state index contributed by atoms with van der Waals surface area (Å²) in [4.78, 5) is 0.312. The first-order valence-corrected chi connectivity index (χ1v) is 14.9. The van der Waals surface area contributed by atoms with Crippen molar-refractivity contribution in [2.75, 3.05) is 0 Å². The predicted octanol–water partition coefficient (Wildman–Crippen LogP) is 6.86. The molecule has 0 fully saturated rings. The Hall–Kier alpha value is -1.56. The molecule has 0 saturated carbocycles. The summed E-state index contributed by atoms with van der Waals surface area (Å²) in [5.74, 6) is 0. The highest BCUT2D eigenvalue weighted by atomic mass is 35.5. The number of rotatable bonds is 10. The van der Waals surface area contributed by atoms with Crippen molar-refractivity contribution in [1.82, 2.24) is 4.31 Å². The second-order valence-electron chi connectivity index (χ2n) is 7.64. The molecule has 0 radical (unpaired) electrons. The fraction of sp³-hybridized carbons (Fsp3) is 0.391. The number of nitrogens with zero attached hydrogens (tertiary/aromatic N) is 1.